The molecule has 0 aliphatic rings. The van der Waals surface area contributed by atoms with Crippen LogP contribution >= 0.6 is 0 Å². The highest BCUT2D eigenvalue weighted by Crippen LogP contribution is 2.29. The molecule has 152 valence electrons. The average Bonchev–Trinajstić information content (AvgIpc) is 3.11. The summed E-state index contributed by atoms with van der Waals surface area (Å²) in [5.74, 6) is 1.34. The molecule has 0 atom stereocenters. The number of rotatable bonds is 6. The van der Waals surface area contributed by atoms with Crippen LogP contribution in [0.3, 0.4) is 0 Å². The fourth-order valence-electron chi connectivity index (χ4n) is 3.21. The normalized spacial score (nSPS) is 10.8. The van der Waals surface area contributed by atoms with Crippen molar-refractivity contribution in [2.45, 2.75) is 13.5 Å². The van der Waals surface area contributed by atoms with Gasteiger partial charge in [-0.15, -0.1) is 0 Å². The van der Waals surface area contributed by atoms with Crippen LogP contribution in [0.5, 0.6) is 11.5 Å². The topological polar surface area (TPSA) is 84.1 Å². The molecule has 0 saturated carbocycles. The Hall–Kier alpha value is -3.94. The summed E-state index contributed by atoms with van der Waals surface area (Å²) in [5.41, 5.74) is 3.82. The Kier molecular flexibility index (Phi) is 5.30. The molecule has 0 aliphatic heterocycles. The van der Waals surface area contributed by atoms with Gasteiger partial charge in [-0.2, -0.15) is 9.36 Å². The number of methoxy groups -OCH3 is 1. The molecule has 2 aromatic heterocycles. The summed E-state index contributed by atoms with van der Waals surface area (Å²) in [4.78, 5) is 16.7. The second kappa shape index (κ2) is 8.20. The number of pyridine rings is 1. The van der Waals surface area contributed by atoms with E-state index >= 15 is 0 Å². The molecule has 2 aromatic carbocycles. The molecule has 0 radical (unpaired) electrons. The van der Waals surface area contributed by atoms with Crippen LogP contribution in [-0.4, -0.2) is 31.9 Å². The van der Waals surface area contributed by atoms with Crippen molar-refractivity contribution < 1.29 is 9.47 Å². The number of ether oxygens (including phenoxy) is 2. The standard InChI is InChI=1S/C22H21N5O3/c1-15-13-16(18-7-4-5-12-23-18)10-11-20(15)30-14-17-19(8-6-9-21(17)29-3)27-22(28)26(2)24-25-27/h4-13H,14H2,1-3H3. The third-order valence-corrected chi connectivity index (χ3v) is 4.79. The van der Waals surface area contributed by atoms with E-state index in [1.807, 2.05) is 49.4 Å². The minimum absolute atomic E-state index is 0.201. The molecule has 0 saturated heterocycles. The van der Waals surface area contributed by atoms with E-state index < -0.39 is 0 Å². The molecule has 4 aromatic rings. The minimum atomic E-state index is -0.347. The Morgan fingerprint density at radius 2 is 1.87 bits per heavy atom. The van der Waals surface area contributed by atoms with Crippen molar-refractivity contribution in [3.8, 4) is 28.4 Å². The van der Waals surface area contributed by atoms with Gasteiger partial charge in [0.2, 0.25) is 0 Å². The molecule has 8 heteroatoms. The van der Waals surface area contributed by atoms with Crippen LogP contribution in [0.1, 0.15) is 11.1 Å². The van der Waals surface area contributed by atoms with E-state index in [0.29, 0.717) is 17.0 Å². The van der Waals surface area contributed by atoms with E-state index in [1.54, 1.807) is 32.5 Å². The lowest BCUT2D eigenvalue weighted by Crippen LogP contribution is -2.23. The van der Waals surface area contributed by atoms with Crippen LogP contribution in [-0.2, 0) is 13.7 Å². The van der Waals surface area contributed by atoms with Gasteiger partial charge in [0.1, 0.15) is 18.1 Å². The molecular formula is C22H21N5O3. The van der Waals surface area contributed by atoms with E-state index in [9.17, 15) is 4.79 Å². The summed E-state index contributed by atoms with van der Waals surface area (Å²) in [7, 11) is 3.13. The number of nitrogens with zero attached hydrogens (tertiary/aromatic N) is 5. The van der Waals surface area contributed by atoms with E-state index in [1.165, 1.54) is 9.36 Å². The first-order chi connectivity index (χ1) is 14.6. The van der Waals surface area contributed by atoms with Gasteiger partial charge in [0.15, 0.2) is 0 Å². The maximum absolute atomic E-state index is 12.3. The maximum atomic E-state index is 12.3. The Labute approximate surface area is 173 Å². The van der Waals surface area contributed by atoms with Crippen LogP contribution in [0.15, 0.2) is 65.6 Å². The molecule has 0 bridgehead atoms. The molecule has 2 heterocycles. The minimum Gasteiger partial charge on any atom is -0.496 e. The molecule has 0 N–H and O–H groups in total. The second-order valence-electron chi connectivity index (χ2n) is 6.74. The zero-order chi connectivity index (χ0) is 21.1. The fourth-order valence-corrected chi connectivity index (χ4v) is 3.21. The highest BCUT2D eigenvalue weighted by molar-refractivity contribution is 5.61. The van der Waals surface area contributed by atoms with Crippen LogP contribution in [0, 0.1) is 6.92 Å². The maximum Gasteiger partial charge on any atom is 0.368 e. The smallest absolute Gasteiger partial charge is 0.368 e. The summed E-state index contributed by atoms with van der Waals surface area (Å²) in [5, 5.41) is 7.73. The first kappa shape index (κ1) is 19.4. The van der Waals surface area contributed by atoms with Crippen LogP contribution in [0.25, 0.3) is 16.9 Å². The van der Waals surface area contributed by atoms with Gasteiger partial charge < -0.3 is 9.47 Å². The number of aryl methyl sites for hydroxylation is 2. The number of hydrogen-bond donors (Lipinski definition) is 0. The molecule has 0 fully saturated rings. The van der Waals surface area contributed by atoms with Crippen LogP contribution in [0.2, 0.25) is 0 Å². The number of tetrazole rings is 1. The summed E-state index contributed by atoms with van der Waals surface area (Å²) in [6.07, 6.45) is 1.77. The molecule has 0 unspecified atom stereocenters. The SMILES string of the molecule is COc1cccc(-n2nnn(C)c2=O)c1COc1ccc(-c2ccccn2)cc1C. The highest BCUT2D eigenvalue weighted by atomic mass is 16.5. The first-order valence-electron chi connectivity index (χ1n) is 9.38. The van der Waals surface area contributed by atoms with Crippen LogP contribution < -0.4 is 15.2 Å². The zero-order valence-corrected chi connectivity index (χ0v) is 16.9. The predicted octanol–water partition coefficient (Wildman–Crippen LogP) is 2.92. The number of aromatic nitrogens is 5. The molecule has 0 spiro atoms. The van der Waals surface area contributed by atoms with Gasteiger partial charge >= 0.3 is 5.69 Å². The zero-order valence-electron chi connectivity index (χ0n) is 16.9. The predicted molar refractivity (Wildman–Crippen MR) is 112 cm³/mol. The van der Waals surface area contributed by atoms with E-state index in [-0.39, 0.29) is 12.3 Å². The van der Waals surface area contributed by atoms with E-state index in [0.717, 1.165) is 22.6 Å². The summed E-state index contributed by atoms with van der Waals surface area (Å²) >= 11 is 0. The largest absolute Gasteiger partial charge is 0.496 e. The average molecular weight is 403 g/mol. The quantitative estimate of drug-likeness (QED) is 0.492. The lowest BCUT2D eigenvalue weighted by molar-refractivity contribution is 0.294. The van der Waals surface area contributed by atoms with Crippen molar-refractivity contribution >= 4 is 0 Å². The molecule has 30 heavy (non-hydrogen) atoms. The van der Waals surface area contributed by atoms with Crippen molar-refractivity contribution in [2.75, 3.05) is 7.11 Å². The molecule has 0 amide bonds. The Bertz CT molecular complexity index is 1230. The Morgan fingerprint density at radius 3 is 2.53 bits per heavy atom. The highest BCUT2D eigenvalue weighted by Gasteiger charge is 2.16. The van der Waals surface area contributed by atoms with Gasteiger partial charge in [-0.3, -0.25) is 4.98 Å². The number of benzene rings is 2. The van der Waals surface area contributed by atoms with Gasteiger partial charge in [0, 0.05) is 18.8 Å². The van der Waals surface area contributed by atoms with Crippen molar-refractivity contribution in [2.24, 2.45) is 7.05 Å². The molecule has 8 nitrogen and oxygen atoms in total. The van der Waals surface area contributed by atoms with Crippen molar-refractivity contribution in [1.82, 2.24) is 24.8 Å². The summed E-state index contributed by atoms with van der Waals surface area (Å²) in [6.45, 7) is 2.18. The molecule has 0 aliphatic carbocycles. The molecule has 4 rings (SSSR count). The fraction of sp³-hybridized carbons (Fsp3) is 0.182. The van der Waals surface area contributed by atoms with Crippen molar-refractivity contribution in [3.05, 3.63) is 82.4 Å². The Morgan fingerprint density at radius 1 is 1.00 bits per heavy atom. The van der Waals surface area contributed by atoms with Gasteiger partial charge in [0.25, 0.3) is 0 Å². The van der Waals surface area contributed by atoms with Crippen molar-refractivity contribution in [3.63, 3.8) is 0 Å². The van der Waals surface area contributed by atoms with Gasteiger partial charge in [0.05, 0.1) is 24.1 Å². The monoisotopic (exact) mass is 403 g/mol. The lowest BCUT2D eigenvalue weighted by atomic mass is 10.1. The molecular weight excluding hydrogens is 382 g/mol. The van der Waals surface area contributed by atoms with Crippen LogP contribution in [0.4, 0.5) is 0 Å². The first-order valence-corrected chi connectivity index (χ1v) is 9.38. The third-order valence-electron chi connectivity index (χ3n) is 4.79. The summed E-state index contributed by atoms with van der Waals surface area (Å²) < 4.78 is 14.0. The van der Waals surface area contributed by atoms with Gasteiger partial charge in [-0.05, 0) is 65.4 Å². The van der Waals surface area contributed by atoms with Crippen molar-refractivity contribution in [1.29, 1.82) is 0 Å². The second-order valence-corrected chi connectivity index (χ2v) is 6.74. The van der Waals surface area contributed by atoms with Gasteiger partial charge in [-0.25, -0.2) is 4.79 Å². The van der Waals surface area contributed by atoms with E-state index in [4.69, 9.17) is 9.47 Å². The Balaban J connectivity index is 1.64. The third kappa shape index (κ3) is 3.67. The number of hydrogen-bond acceptors (Lipinski definition) is 6. The lowest BCUT2D eigenvalue weighted by Gasteiger charge is -2.15. The summed E-state index contributed by atoms with van der Waals surface area (Å²) in [6, 6.07) is 17.1. The van der Waals surface area contributed by atoms with Gasteiger partial charge in [-0.1, -0.05) is 12.1 Å². The van der Waals surface area contributed by atoms with E-state index in [2.05, 4.69) is 15.4 Å².